The summed E-state index contributed by atoms with van der Waals surface area (Å²) in [6, 6.07) is 21.3. The Morgan fingerprint density at radius 2 is 1.47 bits per heavy atom. The Bertz CT molecular complexity index is 1180. The summed E-state index contributed by atoms with van der Waals surface area (Å²) >= 11 is 0. The van der Waals surface area contributed by atoms with Gasteiger partial charge in [-0.05, 0) is 42.5 Å². The van der Waals surface area contributed by atoms with E-state index in [0.717, 1.165) is 42.4 Å². The highest BCUT2D eigenvalue weighted by Crippen LogP contribution is 2.30. The van der Waals surface area contributed by atoms with Crippen LogP contribution in [0, 0.1) is 0 Å². The van der Waals surface area contributed by atoms with E-state index < -0.39 is 0 Å². The summed E-state index contributed by atoms with van der Waals surface area (Å²) in [6.07, 6.45) is 2.21. The number of likely N-dealkylation sites (tertiary alicyclic amines) is 1. The van der Waals surface area contributed by atoms with E-state index in [2.05, 4.69) is 4.90 Å². The van der Waals surface area contributed by atoms with Crippen molar-refractivity contribution in [1.29, 1.82) is 0 Å². The Morgan fingerprint density at radius 3 is 2.06 bits per heavy atom. The third kappa shape index (κ3) is 3.99. The van der Waals surface area contributed by atoms with Crippen molar-refractivity contribution in [3.8, 4) is 0 Å². The molecule has 2 aliphatic rings. The molecule has 3 amide bonds. The van der Waals surface area contributed by atoms with Gasteiger partial charge in [-0.15, -0.1) is 0 Å². The number of anilines is 1. The average molecular weight is 456 g/mol. The van der Waals surface area contributed by atoms with E-state index in [1.807, 2.05) is 78.6 Å². The van der Waals surface area contributed by atoms with E-state index in [1.54, 1.807) is 0 Å². The predicted octanol–water partition coefficient (Wildman–Crippen LogP) is 4.34. The molecule has 3 aromatic rings. The van der Waals surface area contributed by atoms with E-state index in [0.29, 0.717) is 30.6 Å². The highest BCUT2D eigenvalue weighted by atomic mass is 16.2. The summed E-state index contributed by atoms with van der Waals surface area (Å²) < 4.78 is 0. The van der Waals surface area contributed by atoms with Crippen molar-refractivity contribution in [2.75, 3.05) is 31.1 Å². The largest absolute Gasteiger partial charge is 0.309 e. The Morgan fingerprint density at radius 1 is 0.853 bits per heavy atom. The second-order valence-electron chi connectivity index (χ2n) is 9.00. The third-order valence-corrected chi connectivity index (χ3v) is 7.02. The number of nitrogens with zero attached hydrogens (tertiary/aromatic N) is 3. The molecule has 2 heterocycles. The molecule has 0 saturated carbocycles. The number of imide groups is 1. The average Bonchev–Trinajstić information content (AvgIpc) is 2.88. The molecule has 0 bridgehead atoms. The lowest BCUT2D eigenvalue weighted by molar-refractivity contribution is -0.119. The molecular weight excluding hydrogens is 426 g/mol. The minimum atomic E-state index is -0.215. The molecule has 1 fully saturated rings. The molecular formula is C28H29N3O3. The molecule has 34 heavy (non-hydrogen) atoms. The maximum atomic E-state index is 13.1. The first-order valence-corrected chi connectivity index (χ1v) is 12.1. The SMILES string of the molecule is CCC(=O)N(c1ccccc1)C1CCN(CCN2C(=O)c3cccc4cccc(c34)C2=O)CC1. The van der Waals surface area contributed by atoms with Gasteiger partial charge in [0.15, 0.2) is 0 Å². The van der Waals surface area contributed by atoms with Gasteiger partial charge < -0.3 is 9.80 Å². The molecule has 0 radical (unpaired) electrons. The van der Waals surface area contributed by atoms with Gasteiger partial charge in [-0.3, -0.25) is 19.3 Å². The minimum absolute atomic E-state index is 0.141. The Kier molecular flexibility index (Phi) is 6.16. The van der Waals surface area contributed by atoms with Crippen molar-refractivity contribution in [1.82, 2.24) is 9.80 Å². The highest BCUT2D eigenvalue weighted by molar-refractivity contribution is 6.25. The molecule has 0 N–H and O–H groups in total. The van der Waals surface area contributed by atoms with Crippen molar-refractivity contribution >= 4 is 34.2 Å². The van der Waals surface area contributed by atoms with E-state index >= 15 is 0 Å². The lowest BCUT2D eigenvalue weighted by Gasteiger charge is -2.39. The van der Waals surface area contributed by atoms with Crippen molar-refractivity contribution in [2.45, 2.75) is 32.2 Å². The van der Waals surface area contributed by atoms with Crippen molar-refractivity contribution in [2.24, 2.45) is 0 Å². The quantitative estimate of drug-likeness (QED) is 0.519. The minimum Gasteiger partial charge on any atom is -0.309 e. The van der Waals surface area contributed by atoms with Gasteiger partial charge in [0.1, 0.15) is 0 Å². The van der Waals surface area contributed by atoms with E-state index in [9.17, 15) is 14.4 Å². The topological polar surface area (TPSA) is 60.9 Å². The van der Waals surface area contributed by atoms with Crippen LogP contribution in [-0.4, -0.2) is 59.7 Å². The maximum Gasteiger partial charge on any atom is 0.261 e. The monoisotopic (exact) mass is 455 g/mol. The molecule has 1 saturated heterocycles. The first-order chi connectivity index (χ1) is 16.6. The molecule has 174 valence electrons. The zero-order chi connectivity index (χ0) is 23.7. The second-order valence-corrected chi connectivity index (χ2v) is 9.00. The summed E-state index contributed by atoms with van der Waals surface area (Å²) in [4.78, 5) is 44.6. The fraction of sp³-hybridized carbons (Fsp3) is 0.321. The Labute approximate surface area is 199 Å². The van der Waals surface area contributed by atoms with Gasteiger partial charge in [0.05, 0.1) is 0 Å². The number of para-hydroxylation sites is 1. The molecule has 0 aromatic heterocycles. The molecule has 2 aliphatic heterocycles. The van der Waals surface area contributed by atoms with Crippen LogP contribution in [0.3, 0.4) is 0 Å². The van der Waals surface area contributed by atoms with Crippen LogP contribution in [0.1, 0.15) is 46.9 Å². The number of piperidine rings is 1. The van der Waals surface area contributed by atoms with Gasteiger partial charge in [-0.25, -0.2) is 0 Å². The highest BCUT2D eigenvalue weighted by Gasteiger charge is 2.33. The van der Waals surface area contributed by atoms with E-state index in [-0.39, 0.29) is 23.8 Å². The summed E-state index contributed by atoms with van der Waals surface area (Å²) in [6.45, 7) is 4.55. The summed E-state index contributed by atoms with van der Waals surface area (Å²) in [5.41, 5.74) is 2.15. The van der Waals surface area contributed by atoms with Crippen LogP contribution in [0.4, 0.5) is 5.69 Å². The molecule has 3 aromatic carbocycles. The van der Waals surface area contributed by atoms with Crippen LogP contribution in [-0.2, 0) is 4.79 Å². The van der Waals surface area contributed by atoms with Crippen molar-refractivity contribution in [3.05, 3.63) is 77.9 Å². The second kappa shape index (κ2) is 9.39. The van der Waals surface area contributed by atoms with Crippen molar-refractivity contribution < 1.29 is 14.4 Å². The summed E-state index contributed by atoms with van der Waals surface area (Å²) in [5, 5.41) is 1.68. The van der Waals surface area contributed by atoms with Crippen LogP contribution in [0.15, 0.2) is 66.7 Å². The third-order valence-electron chi connectivity index (χ3n) is 7.02. The number of carbonyl (C=O) groups is 3. The summed E-state index contributed by atoms with van der Waals surface area (Å²) in [7, 11) is 0. The lowest BCUT2D eigenvalue weighted by Crippen LogP contribution is -2.50. The zero-order valence-electron chi connectivity index (χ0n) is 19.4. The number of carbonyl (C=O) groups excluding carboxylic acids is 3. The van der Waals surface area contributed by atoms with Gasteiger partial charge in [0, 0.05) is 60.8 Å². The number of hydrogen-bond donors (Lipinski definition) is 0. The number of rotatable bonds is 6. The first-order valence-electron chi connectivity index (χ1n) is 12.1. The van der Waals surface area contributed by atoms with Crippen LogP contribution in [0.2, 0.25) is 0 Å². The zero-order valence-corrected chi connectivity index (χ0v) is 19.4. The molecule has 0 spiro atoms. The molecule has 0 aliphatic carbocycles. The Balaban J connectivity index is 1.24. The van der Waals surface area contributed by atoms with Gasteiger partial charge in [0.2, 0.25) is 5.91 Å². The predicted molar refractivity (Wildman–Crippen MR) is 133 cm³/mol. The van der Waals surface area contributed by atoms with E-state index in [4.69, 9.17) is 0 Å². The van der Waals surface area contributed by atoms with Gasteiger partial charge in [-0.2, -0.15) is 0 Å². The number of amides is 3. The molecule has 6 heteroatoms. The maximum absolute atomic E-state index is 13.1. The van der Waals surface area contributed by atoms with Crippen LogP contribution < -0.4 is 4.90 Å². The number of hydrogen-bond acceptors (Lipinski definition) is 4. The summed E-state index contributed by atoms with van der Waals surface area (Å²) in [5.74, 6) is -0.289. The molecule has 5 rings (SSSR count). The molecule has 0 unspecified atom stereocenters. The first kappa shape index (κ1) is 22.3. The van der Waals surface area contributed by atoms with Crippen LogP contribution in [0.5, 0.6) is 0 Å². The standard InChI is InChI=1S/C28H29N3O3/c1-2-25(32)31(21-10-4-3-5-11-21)22-14-16-29(17-15-22)18-19-30-27(33)23-12-6-8-20-9-7-13-24(26(20)23)28(30)34/h3-13,22H,2,14-19H2,1H3. The fourth-order valence-corrected chi connectivity index (χ4v) is 5.24. The van der Waals surface area contributed by atoms with Gasteiger partial charge >= 0.3 is 0 Å². The van der Waals surface area contributed by atoms with Crippen LogP contribution in [0.25, 0.3) is 10.8 Å². The Hall–Kier alpha value is -3.51. The van der Waals surface area contributed by atoms with Gasteiger partial charge in [-0.1, -0.05) is 49.4 Å². The normalized spacial score (nSPS) is 16.8. The fourth-order valence-electron chi connectivity index (χ4n) is 5.24. The number of benzene rings is 3. The van der Waals surface area contributed by atoms with Gasteiger partial charge in [0.25, 0.3) is 11.8 Å². The van der Waals surface area contributed by atoms with E-state index in [1.165, 1.54) is 4.90 Å². The smallest absolute Gasteiger partial charge is 0.261 e. The van der Waals surface area contributed by atoms with Crippen LogP contribution >= 0.6 is 0 Å². The lowest BCUT2D eigenvalue weighted by atomic mass is 9.94. The van der Waals surface area contributed by atoms with Crippen molar-refractivity contribution in [3.63, 3.8) is 0 Å². The molecule has 0 atom stereocenters. The molecule has 6 nitrogen and oxygen atoms in total.